The molecule has 0 heterocycles. The van der Waals surface area contributed by atoms with E-state index in [0.717, 1.165) is 0 Å². The zero-order valence-electron chi connectivity index (χ0n) is 8.94. The molecule has 0 aliphatic rings. The van der Waals surface area contributed by atoms with Crippen LogP contribution >= 0.6 is 0 Å². The molecule has 5 heteroatoms. The monoisotopic (exact) mass is 233 g/mol. The fourth-order valence-corrected chi connectivity index (χ4v) is 1.01. The van der Waals surface area contributed by atoms with Crippen molar-refractivity contribution >= 4 is 11.9 Å². The summed E-state index contributed by atoms with van der Waals surface area (Å²) in [6, 6.07) is 6.16. The van der Waals surface area contributed by atoms with Crippen LogP contribution in [-0.2, 0) is 9.47 Å². The number of benzene rings is 1. The summed E-state index contributed by atoms with van der Waals surface area (Å²) in [6.45, 7) is 0. The van der Waals surface area contributed by atoms with Gasteiger partial charge in [-0.05, 0) is 18.2 Å². The molecule has 1 rings (SSSR count). The van der Waals surface area contributed by atoms with Crippen LogP contribution in [0.5, 0.6) is 0 Å². The Morgan fingerprint density at radius 2 is 1.40 bits per heavy atom. The number of hydrogen-bond acceptors (Lipinski definition) is 4. The molecule has 15 heavy (non-hydrogen) atoms. The number of carbonyl (C=O) groups is 2. The molecule has 0 amide bonds. The number of methoxy groups -OCH3 is 2. The minimum Gasteiger partial charge on any atom is -0.465 e. The molecule has 0 N–H and O–H groups in total. The Labute approximate surface area is 130 Å². The van der Waals surface area contributed by atoms with E-state index in [1.807, 2.05) is 0 Å². The molecule has 0 aliphatic carbocycles. The minimum atomic E-state index is -0.476. The van der Waals surface area contributed by atoms with E-state index in [2.05, 4.69) is 9.47 Å². The van der Waals surface area contributed by atoms with Gasteiger partial charge in [-0.15, -0.1) is 0 Å². The molecule has 0 spiro atoms. The Kier molecular flexibility index (Phi) is 7.04. The van der Waals surface area contributed by atoms with Crippen LogP contribution < -0.4 is 51.4 Å². The predicted octanol–water partition coefficient (Wildman–Crippen LogP) is -1.74. The van der Waals surface area contributed by atoms with E-state index in [9.17, 15) is 9.59 Å². The Bertz CT molecular complexity index is 331. The van der Waals surface area contributed by atoms with Crippen molar-refractivity contribution in [3.05, 3.63) is 35.4 Å². The van der Waals surface area contributed by atoms with Gasteiger partial charge in [-0.3, -0.25) is 0 Å². The molecule has 0 aliphatic heterocycles. The van der Waals surface area contributed by atoms with Crippen LogP contribution in [0.15, 0.2) is 24.3 Å². The molecule has 0 aromatic heterocycles. The molecule has 1 aromatic carbocycles. The van der Waals surface area contributed by atoms with Crippen LogP contribution in [-0.4, -0.2) is 26.2 Å². The third kappa shape index (κ3) is 4.04. The summed E-state index contributed by atoms with van der Waals surface area (Å²) >= 11 is 0. The SMILES string of the molecule is COC(=O)c1cccc(C(=O)OC)c1.[K+]. The van der Waals surface area contributed by atoms with Crippen molar-refractivity contribution < 1.29 is 70.4 Å². The quantitative estimate of drug-likeness (QED) is 0.450. The third-order valence-electron chi connectivity index (χ3n) is 1.70. The van der Waals surface area contributed by atoms with Crippen LogP contribution in [0.25, 0.3) is 0 Å². The fraction of sp³-hybridized carbons (Fsp3) is 0.200. The van der Waals surface area contributed by atoms with Gasteiger partial charge >= 0.3 is 63.3 Å². The van der Waals surface area contributed by atoms with Gasteiger partial charge in [-0.25, -0.2) is 9.59 Å². The second kappa shape index (κ2) is 7.13. The van der Waals surface area contributed by atoms with Crippen molar-refractivity contribution in [3.63, 3.8) is 0 Å². The number of carbonyl (C=O) groups excluding carboxylic acids is 2. The van der Waals surface area contributed by atoms with Gasteiger partial charge in [0.1, 0.15) is 0 Å². The van der Waals surface area contributed by atoms with E-state index >= 15 is 0 Å². The average Bonchev–Trinajstić information content (AvgIpc) is 2.27. The molecule has 74 valence electrons. The molecule has 0 radical (unpaired) electrons. The van der Waals surface area contributed by atoms with Gasteiger partial charge in [0.15, 0.2) is 0 Å². The number of rotatable bonds is 2. The van der Waals surface area contributed by atoms with Crippen LogP contribution in [0.1, 0.15) is 20.7 Å². The van der Waals surface area contributed by atoms with E-state index in [1.54, 1.807) is 18.2 Å². The molecule has 0 saturated carbocycles. The normalized spacial score (nSPS) is 8.67. The Morgan fingerprint density at radius 1 is 1.00 bits per heavy atom. The molecule has 0 fully saturated rings. The molecule has 4 nitrogen and oxygen atoms in total. The van der Waals surface area contributed by atoms with Crippen LogP contribution in [0.3, 0.4) is 0 Å². The van der Waals surface area contributed by atoms with Gasteiger partial charge in [0.05, 0.1) is 25.3 Å². The van der Waals surface area contributed by atoms with E-state index in [1.165, 1.54) is 20.3 Å². The van der Waals surface area contributed by atoms with Crippen molar-refractivity contribution in [2.45, 2.75) is 0 Å². The predicted molar refractivity (Wildman–Crippen MR) is 49.1 cm³/mol. The van der Waals surface area contributed by atoms with Gasteiger partial charge in [0.2, 0.25) is 0 Å². The first-order valence-electron chi connectivity index (χ1n) is 3.95. The molecule has 0 unspecified atom stereocenters. The van der Waals surface area contributed by atoms with Crippen molar-refractivity contribution in [1.29, 1.82) is 0 Å². The second-order valence-corrected chi connectivity index (χ2v) is 2.56. The largest absolute Gasteiger partial charge is 1.00 e. The number of ether oxygens (including phenoxy) is 2. The van der Waals surface area contributed by atoms with E-state index in [0.29, 0.717) is 11.1 Å². The van der Waals surface area contributed by atoms with E-state index < -0.39 is 11.9 Å². The molecular weight excluding hydrogens is 223 g/mol. The maximum atomic E-state index is 11.1. The Hall–Kier alpha value is -0.204. The summed E-state index contributed by atoms with van der Waals surface area (Å²) < 4.78 is 9.03. The van der Waals surface area contributed by atoms with Crippen LogP contribution in [0.4, 0.5) is 0 Å². The molecule has 0 saturated heterocycles. The Balaban J connectivity index is 0.00000196. The molecular formula is C10H10KO4+. The maximum Gasteiger partial charge on any atom is 1.00 e. The standard InChI is InChI=1S/C10H10O4.K/c1-13-9(11)7-4-3-5-8(6-7)10(12)14-2;/h3-6H,1-2H3;/q;+1. The van der Waals surface area contributed by atoms with Crippen molar-refractivity contribution in [2.24, 2.45) is 0 Å². The first kappa shape index (κ1) is 14.8. The van der Waals surface area contributed by atoms with Gasteiger partial charge in [0, 0.05) is 0 Å². The molecule has 0 atom stereocenters. The zero-order valence-corrected chi connectivity index (χ0v) is 12.1. The molecule has 0 bridgehead atoms. The summed E-state index contributed by atoms with van der Waals surface area (Å²) in [5, 5.41) is 0. The topological polar surface area (TPSA) is 52.6 Å². The first-order chi connectivity index (χ1) is 6.69. The van der Waals surface area contributed by atoms with Gasteiger partial charge in [-0.1, -0.05) is 6.07 Å². The first-order valence-corrected chi connectivity index (χ1v) is 3.95. The van der Waals surface area contributed by atoms with Gasteiger partial charge in [0.25, 0.3) is 0 Å². The van der Waals surface area contributed by atoms with Gasteiger partial charge < -0.3 is 9.47 Å². The summed E-state index contributed by atoms with van der Waals surface area (Å²) in [5.74, 6) is -0.952. The van der Waals surface area contributed by atoms with E-state index in [4.69, 9.17) is 0 Å². The summed E-state index contributed by atoms with van der Waals surface area (Å²) in [6.07, 6.45) is 0. The van der Waals surface area contributed by atoms with Crippen molar-refractivity contribution in [2.75, 3.05) is 14.2 Å². The van der Waals surface area contributed by atoms with Crippen LogP contribution in [0.2, 0.25) is 0 Å². The third-order valence-corrected chi connectivity index (χ3v) is 1.70. The number of hydrogen-bond donors (Lipinski definition) is 0. The second-order valence-electron chi connectivity index (χ2n) is 2.56. The average molecular weight is 233 g/mol. The molecule has 1 aromatic rings. The van der Waals surface area contributed by atoms with Crippen LogP contribution in [0, 0.1) is 0 Å². The summed E-state index contributed by atoms with van der Waals surface area (Å²) in [7, 11) is 2.57. The maximum absolute atomic E-state index is 11.1. The van der Waals surface area contributed by atoms with Crippen molar-refractivity contribution in [3.8, 4) is 0 Å². The van der Waals surface area contributed by atoms with Gasteiger partial charge in [-0.2, -0.15) is 0 Å². The fourth-order valence-electron chi connectivity index (χ4n) is 1.01. The number of esters is 2. The smallest absolute Gasteiger partial charge is 0.465 e. The zero-order chi connectivity index (χ0) is 10.6. The summed E-state index contributed by atoms with van der Waals surface area (Å²) in [4.78, 5) is 22.2. The minimum absolute atomic E-state index is 0. The Morgan fingerprint density at radius 3 is 1.73 bits per heavy atom. The van der Waals surface area contributed by atoms with E-state index in [-0.39, 0.29) is 51.4 Å². The summed E-state index contributed by atoms with van der Waals surface area (Å²) in [5.41, 5.74) is 0.658. The van der Waals surface area contributed by atoms with Crippen molar-refractivity contribution in [1.82, 2.24) is 0 Å².